The molecule has 0 spiro atoms. The monoisotopic (exact) mass is 424 g/mol. The fraction of sp³-hybridized carbons (Fsp3) is 0.304. The van der Waals surface area contributed by atoms with Crippen molar-refractivity contribution in [2.45, 2.75) is 45.4 Å². The van der Waals surface area contributed by atoms with Gasteiger partial charge in [-0.1, -0.05) is 26.0 Å². The molecule has 0 unspecified atom stereocenters. The molecule has 0 atom stereocenters. The van der Waals surface area contributed by atoms with Gasteiger partial charge < -0.3 is 5.32 Å². The van der Waals surface area contributed by atoms with Crippen LogP contribution in [0.4, 0.5) is 17.3 Å². The van der Waals surface area contributed by atoms with Crippen LogP contribution in [0.3, 0.4) is 0 Å². The van der Waals surface area contributed by atoms with Crippen LogP contribution < -0.4 is 10.0 Å². The number of hydrogen-bond donors (Lipinski definition) is 2. The maximum atomic E-state index is 12.6. The van der Waals surface area contributed by atoms with Gasteiger partial charge >= 0.3 is 0 Å². The third-order valence-corrected chi connectivity index (χ3v) is 5.97. The number of anilines is 3. The van der Waals surface area contributed by atoms with Crippen molar-refractivity contribution in [1.29, 1.82) is 0 Å². The maximum absolute atomic E-state index is 12.6. The molecule has 0 aliphatic heterocycles. The predicted octanol–water partition coefficient (Wildman–Crippen LogP) is 5.23. The van der Waals surface area contributed by atoms with Gasteiger partial charge in [0.25, 0.3) is 10.0 Å². The van der Waals surface area contributed by atoms with Crippen LogP contribution in [0.15, 0.2) is 59.5 Å². The molecule has 1 heterocycles. The van der Waals surface area contributed by atoms with Crippen LogP contribution in [0.25, 0.3) is 0 Å². The van der Waals surface area contributed by atoms with E-state index in [2.05, 4.69) is 46.0 Å². The zero-order chi connectivity index (χ0) is 21.7. The number of rotatable bonds is 8. The minimum Gasteiger partial charge on any atom is -0.356 e. The van der Waals surface area contributed by atoms with Crippen molar-refractivity contribution in [2.75, 3.05) is 10.0 Å². The molecule has 0 aliphatic rings. The van der Waals surface area contributed by atoms with Gasteiger partial charge in [-0.2, -0.15) is 0 Å². The van der Waals surface area contributed by atoms with Crippen molar-refractivity contribution in [1.82, 2.24) is 9.97 Å². The molecule has 2 aromatic carbocycles. The SMILES string of the molecule is Cc1cc(C)nc(NS(=O)(=O)c2ccc(Nc3ccc(CCC(C)C)cc3)cc2)n1. The lowest BCUT2D eigenvalue weighted by atomic mass is 10.0. The Kier molecular flexibility index (Phi) is 6.72. The summed E-state index contributed by atoms with van der Waals surface area (Å²) in [5.74, 6) is 0.765. The van der Waals surface area contributed by atoms with Gasteiger partial charge in [0.1, 0.15) is 0 Å². The van der Waals surface area contributed by atoms with Gasteiger partial charge in [0.2, 0.25) is 5.95 Å². The average Bonchev–Trinajstić information content (AvgIpc) is 2.66. The number of nitrogens with one attached hydrogen (secondary N) is 2. The van der Waals surface area contributed by atoms with E-state index < -0.39 is 10.0 Å². The summed E-state index contributed by atoms with van der Waals surface area (Å²) < 4.78 is 27.7. The number of sulfonamides is 1. The van der Waals surface area contributed by atoms with Crippen LogP contribution in [0.2, 0.25) is 0 Å². The Morgan fingerprint density at radius 2 is 1.40 bits per heavy atom. The van der Waals surface area contributed by atoms with E-state index in [4.69, 9.17) is 0 Å². The highest BCUT2D eigenvalue weighted by molar-refractivity contribution is 7.92. The van der Waals surface area contributed by atoms with Gasteiger partial charge in [0, 0.05) is 22.8 Å². The number of benzene rings is 2. The second-order valence-electron chi connectivity index (χ2n) is 7.86. The highest BCUT2D eigenvalue weighted by Gasteiger charge is 2.16. The summed E-state index contributed by atoms with van der Waals surface area (Å²) in [6.07, 6.45) is 2.24. The number of hydrogen-bond acceptors (Lipinski definition) is 5. The normalized spacial score (nSPS) is 11.5. The largest absolute Gasteiger partial charge is 0.356 e. The van der Waals surface area contributed by atoms with Crippen molar-refractivity contribution in [3.05, 3.63) is 71.5 Å². The van der Waals surface area contributed by atoms with E-state index in [0.29, 0.717) is 17.3 Å². The van der Waals surface area contributed by atoms with Crippen LogP contribution in [0.5, 0.6) is 0 Å². The van der Waals surface area contributed by atoms with E-state index >= 15 is 0 Å². The van der Waals surface area contributed by atoms with Crippen molar-refractivity contribution < 1.29 is 8.42 Å². The standard InChI is InChI=1S/C23H28N4O2S/c1-16(2)5-6-19-7-9-20(10-8-19)26-21-11-13-22(14-12-21)30(28,29)27-23-24-17(3)15-18(4)25-23/h7-16,26H,5-6H2,1-4H3,(H,24,25,27). The summed E-state index contributed by atoms with van der Waals surface area (Å²) in [6, 6.07) is 16.7. The average molecular weight is 425 g/mol. The van der Waals surface area contributed by atoms with Gasteiger partial charge in [-0.05, 0) is 80.6 Å². The first kappa shape index (κ1) is 21.8. The van der Waals surface area contributed by atoms with E-state index in [1.165, 1.54) is 12.0 Å². The first-order valence-corrected chi connectivity index (χ1v) is 11.5. The second kappa shape index (κ2) is 9.26. The molecule has 3 rings (SSSR count). The van der Waals surface area contributed by atoms with Gasteiger partial charge in [0.05, 0.1) is 4.90 Å². The molecule has 3 aromatic rings. The highest BCUT2D eigenvalue weighted by Crippen LogP contribution is 2.21. The number of aryl methyl sites for hydroxylation is 3. The summed E-state index contributed by atoms with van der Waals surface area (Å²) in [4.78, 5) is 8.42. The Morgan fingerprint density at radius 3 is 1.93 bits per heavy atom. The lowest BCUT2D eigenvalue weighted by Crippen LogP contribution is -2.15. The van der Waals surface area contributed by atoms with Gasteiger partial charge in [-0.25, -0.2) is 23.1 Å². The van der Waals surface area contributed by atoms with E-state index in [9.17, 15) is 8.42 Å². The summed E-state index contributed by atoms with van der Waals surface area (Å²) >= 11 is 0. The zero-order valence-corrected chi connectivity index (χ0v) is 18.6. The van der Waals surface area contributed by atoms with Gasteiger partial charge in [0.15, 0.2) is 0 Å². The summed E-state index contributed by atoms with van der Waals surface area (Å²) in [6.45, 7) is 8.04. The molecule has 6 nitrogen and oxygen atoms in total. The van der Waals surface area contributed by atoms with Crippen LogP contribution in [-0.4, -0.2) is 18.4 Å². The zero-order valence-electron chi connectivity index (χ0n) is 17.8. The minimum atomic E-state index is -3.76. The number of aromatic nitrogens is 2. The van der Waals surface area contributed by atoms with E-state index in [1.54, 1.807) is 44.2 Å². The van der Waals surface area contributed by atoms with E-state index in [1.807, 2.05) is 12.1 Å². The van der Waals surface area contributed by atoms with Gasteiger partial charge in [-0.3, -0.25) is 0 Å². The van der Waals surface area contributed by atoms with Crippen LogP contribution in [-0.2, 0) is 16.4 Å². The Bertz CT molecular complexity index is 1070. The van der Waals surface area contributed by atoms with Crippen molar-refractivity contribution in [3.8, 4) is 0 Å². The third-order valence-electron chi connectivity index (χ3n) is 4.63. The molecule has 30 heavy (non-hydrogen) atoms. The fourth-order valence-corrected chi connectivity index (χ4v) is 3.99. The molecular formula is C23H28N4O2S. The van der Waals surface area contributed by atoms with E-state index in [-0.39, 0.29) is 10.8 Å². The molecule has 7 heteroatoms. The molecule has 0 amide bonds. The first-order chi connectivity index (χ1) is 14.2. The first-order valence-electron chi connectivity index (χ1n) is 10.0. The molecule has 0 radical (unpaired) electrons. The van der Waals surface area contributed by atoms with Crippen LogP contribution >= 0.6 is 0 Å². The van der Waals surface area contributed by atoms with Crippen molar-refractivity contribution in [3.63, 3.8) is 0 Å². The third kappa shape index (κ3) is 6.03. The van der Waals surface area contributed by atoms with Crippen LogP contribution in [0.1, 0.15) is 37.2 Å². The highest BCUT2D eigenvalue weighted by atomic mass is 32.2. The topological polar surface area (TPSA) is 84.0 Å². The van der Waals surface area contributed by atoms with Crippen molar-refractivity contribution in [2.24, 2.45) is 5.92 Å². The van der Waals surface area contributed by atoms with Gasteiger partial charge in [-0.15, -0.1) is 0 Å². The molecule has 0 aliphatic carbocycles. The minimum absolute atomic E-state index is 0.0762. The fourth-order valence-electron chi connectivity index (χ4n) is 3.04. The number of nitrogens with zero attached hydrogens (tertiary/aromatic N) is 2. The quantitative estimate of drug-likeness (QED) is 0.517. The van der Waals surface area contributed by atoms with Crippen LogP contribution in [0, 0.1) is 19.8 Å². The van der Waals surface area contributed by atoms with Crippen molar-refractivity contribution >= 4 is 27.3 Å². The Labute approximate surface area is 178 Å². The van der Waals surface area contributed by atoms with E-state index in [0.717, 1.165) is 17.8 Å². The molecule has 0 bridgehead atoms. The predicted molar refractivity (Wildman–Crippen MR) is 122 cm³/mol. The Morgan fingerprint density at radius 1 is 0.867 bits per heavy atom. The Balaban J connectivity index is 1.66. The second-order valence-corrected chi connectivity index (χ2v) is 9.54. The molecule has 0 fully saturated rings. The lowest BCUT2D eigenvalue weighted by Gasteiger charge is -2.11. The molecule has 158 valence electrons. The summed E-state index contributed by atoms with van der Waals surface area (Å²) in [5.41, 5.74) is 4.49. The summed E-state index contributed by atoms with van der Waals surface area (Å²) in [7, 11) is -3.76. The molecule has 0 saturated carbocycles. The molecule has 0 saturated heterocycles. The molecule has 2 N–H and O–H groups in total. The smallest absolute Gasteiger partial charge is 0.264 e. The lowest BCUT2D eigenvalue weighted by molar-refractivity contribution is 0.587. The molecule has 1 aromatic heterocycles. The molecular weight excluding hydrogens is 396 g/mol. The summed E-state index contributed by atoms with van der Waals surface area (Å²) in [5, 5.41) is 3.30. The Hall–Kier alpha value is -2.93. The maximum Gasteiger partial charge on any atom is 0.264 e.